The molecule has 2 aliphatic rings. The van der Waals surface area contributed by atoms with Crippen LogP contribution < -0.4 is 16.0 Å². The molecule has 0 spiro atoms. The minimum atomic E-state index is -0.790. The predicted octanol–water partition coefficient (Wildman–Crippen LogP) is 2.37. The highest BCUT2D eigenvalue weighted by Crippen LogP contribution is 2.28. The topological polar surface area (TPSA) is 67.6 Å². The van der Waals surface area contributed by atoms with Gasteiger partial charge in [0, 0.05) is 38.5 Å². The second kappa shape index (κ2) is 7.71. The van der Waals surface area contributed by atoms with E-state index >= 15 is 0 Å². The Bertz CT molecular complexity index is 797. The van der Waals surface area contributed by atoms with Gasteiger partial charge in [-0.05, 0) is 42.0 Å². The quantitative estimate of drug-likeness (QED) is 0.854. The number of anilines is 1. The summed E-state index contributed by atoms with van der Waals surface area (Å²) in [5.41, 5.74) is 10.6. The standard InChI is InChI=1S/C22H27N3O2/c23-22(10-13-27-14-11-22)21(26)24-15-17-5-7-18(8-6-17)16-25-12-9-19-3-1-2-4-20(19)25/h1-8H,9-16,23H2,(H,24,26). The predicted molar refractivity (Wildman–Crippen MR) is 106 cm³/mol. The molecular weight excluding hydrogens is 338 g/mol. The number of benzene rings is 2. The third-order valence-corrected chi connectivity index (χ3v) is 5.67. The molecule has 142 valence electrons. The first-order chi connectivity index (χ1) is 13.1. The molecule has 0 aliphatic carbocycles. The van der Waals surface area contributed by atoms with Gasteiger partial charge in [0.15, 0.2) is 0 Å². The zero-order valence-corrected chi connectivity index (χ0v) is 15.6. The summed E-state index contributed by atoms with van der Waals surface area (Å²) in [6, 6.07) is 17.1. The summed E-state index contributed by atoms with van der Waals surface area (Å²) >= 11 is 0. The van der Waals surface area contributed by atoms with Crippen LogP contribution in [0.2, 0.25) is 0 Å². The number of hydrogen-bond acceptors (Lipinski definition) is 4. The van der Waals surface area contributed by atoms with E-state index in [0.29, 0.717) is 32.6 Å². The minimum absolute atomic E-state index is 0.0800. The molecular formula is C22H27N3O2. The van der Waals surface area contributed by atoms with Crippen LogP contribution in [0.3, 0.4) is 0 Å². The maximum atomic E-state index is 12.4. The lowest BCUT2D eigenvalue weighted by atomic mass is 9.90. The second-order valence-corrected chi connectivity index (χ2v) is 7.57. The van der Waals surface area contributed by atoms with E-state index in [4.69, 9.17) is 10.5 Å². The number of para-hydroxylation sites is 1. The fraction of sp³-hybridized carbons (Fsp3) is 0.409. The molecule has 0 unspecified atom stereocenters. The third-order valence-electron chi connectivity index (χ3n) is 5.67. The van der Waals surface area contributed by atoms with Gasteiger partial charge in [-0.25, -0.2) is 0 Å². The van der Waals surface area contributed by atoms with Gasteiger partial charge in [0.05, 0.1) is 5.54 Å². The first-order valence-electron chi connectivity index (χ1n) is 9.70. The molecule has 4 rings (SSSR count). The van der Waals surface area contributed by atoms with Crippen molar-refractivity contribution in [3.8, 4) is 0 Å². The average molecular weight is 365 g/mol. The molecule has 2 heterocycles. The molecule has 3 N–H and O–H groups in total. The van der Waals surface area contributed by atoms with Crippen molar-refractivity contribution in [1.82, 2.24) is 5.32 Å². The van der Waals surface area contributed by atoms with E-state index in [-0.39, 0.29) is 5.91 Å². The molecule has 5 nitrogen and oxygen atoms in total. The summed E-state index contributed by atoms with van der Waals surface area (Å²) in [6.45, 7) is 3.59. The van der Waals surface area contributed by atoms with E-state index in [1.807, 2.05) is 0 Å². The number of carbonyl (C=O) groups is 1. The van der Waals surface area contributed by atoms with Gasteiger partial charge < -0.3 is 20.7 Å². The van der Waals surface area contributed by atoms with Crippen LogP contribution in [0.1, 0.15) is 29.5 Å². The summed E-state index contributed by atoms with van der Waals surface area (Å²) in [7, 11) is 0. The molecule has 0 atom stereocenters. The number of hydrogen-bond donors (Lipinski definition) is 2. The molecule has 1 fully saturated rings. The highest BCUT2D eigenvalue weighted by molar-refractivity contribution is 5.86. The maximum absolute atomic E-state index is 12.4. The Hall–Kier alpha value is -2.37. The molecule has 0 aromatic heterocycles. The zero-order valence-electron chi connectivity index (χ0n) is 15.6. The zero-order chi connectivity index (χ0) is 18.7. The van der Waals surface area contributed by atoms with Crippen LogP contribution in [0, 0.1) is 0 Å². The summed E-state index contributed by atoms with van der Waals surface area (Å²) < 4.78 is 5.30. The number of amides is 1. The number of fused-ring (bicyclic) bond motifs is 1. The molecule has 1 saturated heterocycles. The third kappa shape index (κ3) is 3.99. The van der Waals surface area contributed by atoms with Crippen LogP contribution in [0.4, 0.5) is 5.69 Å². The summed E-state index contributed by atoms with van der Waals surface area (Å²) in [5.74, 6) is -0.0800. The largest absolute Gasteiger partial charge is 0.381 e. The van der Waals surface area contributed by atoms with E-state index in [1.165, 1.54) is 16.8 Å². The van der Waals surface area contributed by atoms with Gasteiger partial charge in [0.1, 0.15) is 0 Å². The van der Waals surface area contributed by atoms with Gasteiger partial charge in [0.2, 0.25) is 5.91 Å². The van der Waals surface area contributed by atoms with Crippen molar-refractivity contribution >= 4 is 11.6 Å². The van der Waals surface area contributed by atoms with Gasteiger partial charge >= 0.3 is 0 Å². The van der Waals surface area contributed by atoms with Crippen LogP contribution in [0.5, 0.6) is 0 Å². The molecule has 5 heteroatoms. The molecule has 2 aromatic carbocycles. The molecule has 2 aliphatic heterocycles. The Morgan fingerprint density at radius 1 is 1.07 bits per heavy atom. The Balaban J connectivity index is 1.32. The van der Waals surface area contributed by atoms with Crippen molar-refractivity contribution in [2.24, 2.45) is 5.73 Å². The first kappa shape index (κ1) is 18.0. The normalized spacial score (nSPS) is 18.2. The monoisotopic (exact) mass is 365 g/mol. The summed E-state index contributed by atoms with van der Waals surface area (Å²) in [4.78, 5) is 14.8. The van der Waals surface area contributed by atoms with Crippen LogP contribution >= 0.6 is 0 Å². The van der Waals surface area contributed by atoms with Crippen LogP contribution in [0.25, 0.3) is 0 Å². The van der Waals surface area contributed by atoms with Crippen molar-refractivity contribution < 1.29 is 9.53 Å². The van der Waals surface area contributed by atoms with E-state index in [2.05, 4.69) is 58.7 Å². The Labute approximate surface area is 160 Å². The van der Waals surface area contributed by atoms with Crippen molar-refractivity contribution in [2.45, 2.75) is 37.9 Å². The summed E-state index contributed by atoms with van der Waals surface area (Å²) in [6.07, 6.45) is 2.27. The van der Waals surface area contributed by atoms with Crippen molar-refractivity contribution in [2.75, 3.05) is 24.7 Å². The number of rotatable bonds is 5. The minimum Gasteiger partial charge on any atom is -0.381 e. The highest BCUT2D eigenvalue weighted by atomic mass is 16.5. The number of ether oxygens (including phenoxy) is 1. The molecule has 27 heavy (non-hydrogen) atoms. The second-order valence-electron chi connectivity index (χ2n) is 7.57. The number of nitrogens with zero attached hydrogens (tertiary/aromatic N) is 1. The van der Waals surface area contributed by atoms with Crippen LogP contribution in [-0.2, 0) is 29.0 Å². The number of nitrogens with one attached hydrogen (secondary N) is 1. The van der Waals surface area contributed by atoms with Crippen LogP contribution in [0.15, 0.2) is 48.5 Å². The van der Waals surface area contributed by atoms with E-state index in [9.17, 15) is 4.79 Å². The van der Waals surface area contributed by atoms with E-state index < -0.39 is 5.54 Å². The van der Waals surface area contributed by atoms with Crippen LogP contribution in [-0.4, -0.2) is 31.2 Å². The smallest absolute Gasteiger partial charge is 0.240 e. The molecule has 0 saturated carbocycles. The summed E-state index contributed by atoms with van der Waals surface area (Å²) in [5, 5.41) is 2.98. The number of carbonyl (C=O) groups excluding carboxylic acids is 1. The van der Waals surface area contributed by atoms with Gasteiger partial charge in [-0.2, -0.15) is 0 Å². The molecule has 1 amide bonds. The Morgan fingerprint density at radius 3 is 2.56 bits per heavy atom. The lowest BCUT2D eigenvalue weighted by molar-refractivity contribution is -0.129. The first-order valence-corrected chi connectivity index (χ1v) is 9.70. The Kier molecular flexibility index (Phi) is 5.14. The highest BCUT2D eigenvalue weighted by Gasteiger charge is 2.35. The van der Waals surface area contributed by atoms with E-state index in [1.54, 1.807) is 0 Å². The van der Waals surface area contributed by atoms with Gasteiger partial charge in [-0.1, -0.05) is 42.5 Å². The SMILES string of the molecule is NC1(C(=O)NCc2ccc(CN3CCc4ccccc43)cc2)CCOCC1. The van der Waals surface area contributed by atoms with Gasteiger partial charge in [-0.15, -0.1) is 0 Å². The van der Waals surface area contributed by atoms with E-state index in [0.717, 1.165) is 25.1 Å². The molecule has 2 aromatic rings. The number of nitrogens with two attached hydrogens (primary N) is 1. The van der Waals surface area contributed by atoms with Crippen molar-refractivity contribution in [3.05, 3.63) is 65.2 Å². The maximum Gasteiger partial charge on any atom is 0.240 e. The lowest BCUT2D eigenvalue weighted by Crippen LogP contribution is -2.56. The van der Waals surface area contributed by atoms with Crippen molar-refractivity contribution in [1.29, 1.82) is 0 Å². The van der Waals surface area contributed by atoms with Gasteiger partial charge in [-0.3, -0.25) is 4.79 Å². The lowest BCUT2D eigenvalue weighted by Gasteiger charge is -2.31. The van der Waals surface area contributed by atoms with Gasteiger partial charge in [0.25, 0.3) is 0 Å². The fourth-order valence-corrected chi connectivity index (χ4v) is 3.87. The average Bonchev–Trinajstić information content (AvgIpc) is 3.11. The Morgan fingerprint density at radius 2 is 1.78 bits per heavy atom. The molecule has 0 bridgehead atoms. The fourth-order valence-electron chi connectivity index (χ4n) is 3.87. The molecule has 0 radical (unpaired) electrons. The van der Waals surface area contributed by atoms with Crippen molar-refractivity contribution in [3.63, 3.8) is 0 Å².